The van der Waals surface area contributed by atoms with Crippen LogP contribution in [0.1, 0.15) is 5.56 Å². The molecule has 0 spiro atoms. The van der Waals surface area contributed by atoms with E-state index >= 15 is 0 Å². The SMILES string of the molecule is [CH2-][n+]1ccccc1-c1ccccc1C. The summed E-state index contributed by atoms with van der Waals surface area (Å²) in [6.07, 6.45) is 1.96. The van der Waals surface area contributed by atoms with Crippen molar-refractivity contribution in [1.82, 2.24) is 0 Å². The second-order valence-electron chi connectivity index (χ2n) is 3.37. The number of aromatic nitrogens is 1. The molecule has 1 nitrogen and oxygen atoms in total. The highest BCUT2D eigenvalue weighted by Crippen LogP contribution is 2.18. The highest BCUT2D eigenvalue weighted by molar-refractivity contribution is 5.60. The van der Waals surface area contributed by atoms with Gasteiger partial charge in [-0.1, -0.05) is 36.4 Å². The lowest BCUT2D eigenvalue weighted by Crippen LogP contribution is -2.27. The van der Waals surface area contributed by atoms with Gasteiger partial charge in [-0.2, -0.15) is 0 Å². The van der Waals surface area contributed by atoms with Crippen molar-refractivity contribution in [3.63, 3.8) is 0 Å². The first-order valence-electron chi connectivity index (χ1n) is 4.66. The Morgan fingerprint density at radius 2 is 1.71 bits per heavy atom. The first kappa shape index (κ1) is 8.82. The summed E-state index contributed by atoms with van der Waals surface area (Å²) in [5.74, 6) is 0. The lowest BCUT2D eigenvalue weighted by atomic mass is 10.1. The molecule has 2 rings (SSSR count). The highest BCUT2D eigenvalue weighted by Gasteiger charge is 2.02. The van der Waals surface area contributed by atoms with Crippen LogP contribution in [-0.2, 0) is 0 Å². The normalized spacial score (nSPS) is 10.1. The molecule has 0 saturated heterocycles. The van der Waals surface area contributed by atoms with Gasteiger partial charge >= 0.3 is 0 Å². The number of benzene rings is 1. The third-order valence-corrected chi connectivity index (χ3v) is 2.36. The van der Waals surface area contributed by atoms with Gasteiger partial charge in [0, 0.05) is 7.05 Å². The van der Waals surface area contributed by atoms with Crippen molar-refractivity contribution in [2.24, 2.45) is 0 Å². The zero-order chi connectivity index (χ0) is 9.97. The second-order valence-corrected chi connectivity index (χ2v) is 3.37. The second kappa shape index (κ2) is 3.54. The van der Waals surface area contributed by atoms with E-state index in [4.69, 9.17) is 0 Å². The zero-order valence-electron chi connectivity index (χ0n) is 8.27. The predicted molar refractivity (Wildman–Crippen MR) is 57.6 cm³/mol. The van der Waals surface area contributed by atoms with Gasteiger partial charge in [0.05, 0.1) is 6.20 Å². The molecule has 1 heterocycles. The van der Waals surface area contributed by atoms with E-state index in [0.717, 1.165) is 5.69 Å². The first-order valence-corrected chi connectivity index (χ1v) is 4.66. The summed E-state index contributed by atoms with van der Waals surface area (Å²) >= 11 is 0. The molecule has 0 bridgehead atoms. The van der Waals surface area contributed by atoms with E-state index in [1.165, 1.54) is 11.1 Å². The van der Waals surface area contributed by atoms with Gasteiger partial charge in [0.1, 0.15) is 5.69 Å². The molecule has 70 valence electrons. The van der Waals surface area contributed by atoms with E-state index in [1.54, 1.807) is 0 Å². The zero-order valence-corrected chi connectivity index (χ0v) is 8.27. The largest absolute Gasteiger partial charge is 0.333 e. The average Bonchev–Trinajstić information content (AvgIpc) is 2.20. The maximum Gasteiger partial charge on any atom is 0.112 e. The standard InChI is InChI=1S/C13H13N/c1-11-7-3-4-8-12(11)13-9-5-6-10-14(13)2/h3-10H,2H2,1H3. The highest BCUT2D eigenvalue weighted by atomic mass is 14.9. The molecule has 1 heteroatoms. The van der Waals surface area contributed by atoms with Crippen LogP contribution in [0.4, 0.5) is 0 Å². The molecule has 0 aliphatic heterocycles. The Balaban J connectivity index is 2.61. The van der Waals surface area contributed by atoms with Crippen molar-refractivity contribution in [2.45, 2.75) is 6.92 Å². The molecule has 0 atom stereocenters. The Bertz CT molecular complexity index is 403. The summed E-state index contributed by atoms with van der Waals surface area (Å²) in [5, 5.41) is 0. The van der Waals surface area contributed by atoms with Crippen molar-refractivity contribution in [3.8, 4) is 11.3 Å². The minimum absolute atomic E-state index is 1.14. The minimum atomic E-state index is 1.14. The molecular formula is C13H13N. The number of rotatable bonds is 1. The first-order chi connectivity index (χ1) is 6.79. The number of hydrogen-bond acceptors (Lipinski definition) is 0. The van der Waals surface area contributed by atoms with Crippen molar-refractivity contribution in [2.75, 3.05) is 0 Å². The Morgan fingerprint density at radius 3 is 2.43 bits per heavy atom. The van der Waals surface area contributed by atoms with E-state index in [1.807, 2.05) is 22.9 Å². The quantitative estimate of drug-likeness (QED) is 0.472. The Kier molecular flexibility index (Phi) is 2.23. The molecule has 2 aromatic rings. The fraction of sp³-hybridized carbons (Fsp3) is 0.0769. The van der Waals surface area contributed by atoms with E-state index in [2.05, 4.69) is 44.3 Å². The van der Waals surface area contributed by atoms with Gasteiger partial charge in [0.2, 0.25) is 0 Å². The Labute approximate surface area is 84.6 Å². The van der Waals surface area contributed by atoms with Crippen molar-refractivity contribution in [1.29, 1.82) is 0 Å². The lowest BCUT2D eigenvalue weighted by Gasteiger charge is -2.09. The molecule has 0 saturated carbocycles. The van der Waals surface area contributed by atoms with Crippen LogP contribution in [0, 0.1) is 14.0 Å². The lowest BCUT2D eigenvalue weighted by molar-refractivity contribution is -0.600. The summed E-state index contributed by atoms with van der Waals surface area (Å²) in [6.45, 7) is 2.11. The molecule has 0 amide bonds. The van der Waals surface area contributed by atoms with Crippen LogP contribution in [0.5, 0.6) is 0 Å². The van der Waals surface area contributed by atoms with Gasteiger partial charge in [-0.15, -0.1) is 0 Å². The molecule has 0 unspecified atom stereocenters. The maximum atomic E-state index is 3.95. The van der Waals surface area contributed by atoms with Gasteiger partial charge in [0.15, 0.2) is 0 Å². The molecule has 0 fully saturated rings. The average molecular weight is 183 g/mol. The molecule has 0 N–H and O–H groups in total. The van der Waals surface area contributed by atoms with Crippen molar-refractivity contribution >= 4 is 0 Å². The molecule has 1 aromatic heterocycles. The predicted octanol–water partition coefficient (Wildman–Crippen LogP) is 2.59. The van der Waals surface area contributed by atoms with Crippen LogP contribution in [0.3, 0.4) is 0 Å². The van der Waals surface area contributed by atoms with E-state index < -0.39 is 0 Å². The number of nitrogens with zero attached hydrogens (tertiary/aromatic N) is 1. The van der Waals surface area contributed by atoms with Crippen LogP contribution >= 0.6 is 0 Å². The molecule has 0 radical (unpaired) electrons. The molecular weight excluding hydrogens is 170 g/mol. The van der Waals surface area contributed by atoms with Crippen molar-refractivity contribution in [3.05, 3.63) is 61.3 Å². The molecule has 14 heavy (non-hydrogen) atoms. The summed E-state index contributed by atoms with van der Waals surface area (Å²) in [7, 11) is 3.95. The van der Waals surface area contributed by atoms with E-state index in [-0.39, 0.29) is 0 Å². The molecule has 1 aromatic carbocycles. The summed E-state index contributed by atoms with van der Waals surface area (Å²) in [5.41, 5.74) is 3.66. The fourth-order valence-corrected chi connectivity index (χ4v) is 1.58. The van der Waals surface area contributed by atoms with Gasteiger partial charge in [-0.25, -0.2) is 0 Å². The van der Waals surface area contributed by atoms with Crippen LogP contribution in [0.15, 0.2) is 48.7 Å². The van der Waals surface area contributed by atoms with E-state index in [0.29, 0.717) is 0 Å². The number of pyridine rings is 1. The minimum Gasteiger partial charge on any atom is -0.333 e. The maximum absolute atomic E-state index is 3.95. The Morgan fingerprint density at radius 1 is 1.00 bits per heavy atom. The number of hydrogen-bond donors (Lipinski definition) is 0. The smallest absolute Gasteiger partial charge is 0.112 e. The topological polar surface area (TPSA) is 3.88 Å². The monoisotopic (exact) mass is 183 g/mol. The van der Waals surface area contributed by atoms with Crippen LogP contribution < -0.4 is 4.57 Å². The molecule has 0 aliphatic rings. The summed E-state index contributed by atoms with van der Waals surface area (Å²) in [4.78, 5) is 0. The van der Waals surface area contributed by atoms with Crippen LogP contribution in [-0.4, -0.2) is 0 Å². The fourth-order valence-electron chi connectivity index (χ4n) is 1.58. The third kappa shape index (κ3) is 1.49. The van der Waals surface area contributed by atoms with Gasteiger partial charge < -0.3 is 4.57 Å². The van der Waals surface area contributed by atoms with Crippen molar-refractivity contribution < 1.29 is 4.57 Å². The van der Waals surface area contributed by atoms with Gasteiger partial charge in [-0.3, -0.25) is 0 Å². The van der Waals surface area contributed by atoms with E-state index in [9.17, 15) is 0 Å². The molecule has 0 aliphatic carbocycles. The summed E-state index contributed by atoms with van der Waals surface area (Å²) < 4.78 is 1.89. The number of aryl methyl sites for hydroxylation is 1. The Hall–Kier alpha value is -1.76. The van der Waals surface area contributed by atoms with Crippen LogP contribution in [0.25, 0.3) is 11.3 Å². The summed E-state index contributed by atoms with van der Waals surface area (Å²) in [6, 6.07) is 14.4. The van der Waals surface area contributed by atoms with Crippen LogP contribution in [0.2, 0.25) is 0 Å². The van der Waals surface area contributed by atoms with Gasteiger partial charge in [0.25, 0.3) is 0 Å². The third-order valence-electron chi connectivity index (χ3n) is 2.36. The van der Waals surface area contributed by atoms with Gasteiger partial charge in [-0.05, 0) is 24.1 Å².